The molecule has 1 aromatic carbocycles. The number of hydrogen-bond donors (Lipinski definition) is 2. The quantitative estimate of drug-likeness (QED) is 0.820. The molecule has 0 aliphatic carbocycles. The van der Waals surface area contributed by atoms with Crippen molar-refractivity contribution in [3.63, 3.8) is 0 Å². The van der Waals surface area contributed by atoms with Gasteiger partial charge >= 0.3 is 5.97 Å². The Labute approximate surface area is 127 Å². The molecule has 0 spiro atoms. The number of rotatable bonds is 7. The number of nitrogens with one attached hydrogen (secondary N) is 1. The molecule has 0 saturated heterocycles. The number of carbonyl (C=O) groups excluding carboxylic acids is 1. The number of carbonyl (C=O) groups is 2. The van der Waals surface area contributed by atoms with E-state index in [0.717, 1.165) is 0 Å². The van der Waals surface area contributed by atoms with E-state index in [1.165, 1.54) is 6.07 Å². The van der Waals surface area contributed by atoms with Crippen LogP contribution in [-0.2, 0) is 11.4 Å². The van der Waals surface area contributed by atoms with Gasteiger partial charge in [-0.1, -0.05) is 25.1 Å². The van der Waals surface area contributed by atoms with Gasteiger partial charge in [-0.2, -0.15) is 0 Å². The first-order chi connectivity index (χ1) is 10.6. The van der Waals surface area contributed by atoms with Crippen LogP contribution in [0.2, 0.25) is 0 Å². The Kier molecular flexibility index (Phi) is 5.19. The van der Waals surface area contributed by atoms with E-state index in [0.29, 0.717) is 17.9 Å². The highest BCUT2D eigenvalue weighted by Crippen LogP contribution is 2.14. The fraction of sp³-hybridized carbons (Fsp3) is 0.250. The molecular weight excluding hydrogens is 286 g/mol. The summed E-state index contributed by atoms with van der Waals surface area (Å²) in [5, 5.41) is 11.3. The number of aliphatic carboxylic acids is 1. The molecular formula is C16H17NO5. The maximum Gasteiger partial charge on any atom is 0.326 e. The smallest absolute Gasteiger partial charge is 0.326 e. The second-order valence-corrected chi connectivity index (χ2v) is 4.64. The second-order valence-electron chi connectivity index (χ2n) is 4.64. The predicted octanol–water partition coefficient (Wildman–Crippen LogP) is 2.45. The Morgan fingerprint density at radius 2 is 1.95 bits per heavy atom. The molecule has 2 aromatic rings. The van der Waals surface area contributed by atoms with E-state index < -0.39 is 17.9 Å². The molecule has 6 nitrogen and oxygen atoms in total. The molecule has 1 aromatic heterocycles. The highest BCUT2D eigenvalue weighted by Gasteiger charge is 2.20. The van der Waals surface area contributed by atoms with Crippen LogP contribution in [0, 0.1) is 0 Å². The largest absolute Gasteiger partial charge is 0.486 e. The van der Waals surface area contributed by atoms with Gasteiger partial charge in [0.25, 0.3) is 5.91 Å². The number of ether oxygens (including phenoxy) is 1. The molecule has 6 heteroatoms. The normalized spacial score (nSPS) is 11.7. The van der Waals surface area contributed by atoms with Crippen molar-refractivity contribution in [3.05, 3.63) is 54.0 Å². The lowest BCUT2D eigenvalue weighted by Gasteiger charge is -2.10. The van der Waals surface area contributed by atoms with Crippen LogP contribution in [-0.4, -0.2) is 23.0 Å². The molecule has 0 saturated carbocycles. The zero-order valence-electron chi connectivity index (χ0n) is 12.1. The summed E-state index contributed by atoms with van der Waals surface area (Å²) in [7, 11) is 0. The van der Waals surface area contributed by atoms with Gasteiger partial charge in [-0.25, -0.2) is 4.79 Å². The molecule has 0 unspecified atom stereocenters. The van der Waals surface area contributed by atoms with E-state index in [2.05, 4.69) is 5.32 Å². The summed E-state index contributed by atoms with van der Waals surface area (Å²) >= 11 is 0. The summed E-state index contributed by atoms with van der Waals surface area (Å²) in [6, 6.07) is 11.4. The Morgan fingerprint density at radius 1 is 1.23 bits per heavy atom. The summed E-state index contributed by atoms with van der Waals surface area (Å²) < 4.78 is 10.9. The number of carboxylic acids is 1. The molecule has 1 heterocycles. The highest BCUT2D eigenvalue weighted by molar-refractivity contribution is 5.94. The fourth-order valence-electron chi connectivity index (χ4n) is 1.82. The van der Waals surface area contributed by atoms with Gasteiger partial charge in [0.1, 0.15) is 24.2 Å². The van der Waals surface area contributed by atoms with Crippen molar-refractivity contribution < 1.29 is 23.8 Å². The van der Waals surface area contributed by atoms with Crippen molar-refractivity contribution in [1.29, 1.82) is 0 Å². The van der Waals surface area contributed by atoms with Gasteiger partial charge in [0.2, 0.25) is 0 Å². The molecule has 0 bridgehead atoms. The minimum absolute atomic E-state index is 0.0614. The third kappa shape index (κ3) is 4.12. The van der Waals surface area contributed by atoms with Crippen LogP contribution in [0.25, 0.3) is 0 Å². The Morgan fingerprint density at radius 3 is 2.59 bits per heavy atom. The maximum absolute atomic E-state index is 11.9. The van der Waals surface area contributed by atoms with Gasteiger partial charge in [0.05, 0.1) is 0 Å². The van der Waals surface area contributed by atoms with Crippen molar-refractivity contribution >= 4 is 11.9 Å². The molecule has 0 fully saturated rings. The van der Waals surface area contributed by atoms with Crippen LogP contribution < -0.4 is 10.1 Å². The molecule has 0 aliphatic heterocycles. The fourth-order valence-corrected chi connectivity index (χ4v) is 1.82. The van der Waals surface area contributed by atoms with Gasteiger partial charge in [-0.15, -0.1) is 0 Å². The van der Waals surface area contributed by atoms with Crippen molar-refractivity contribution in [2.75, 3.05) is 0 Å². The number of benzene rings is 1. The summed E-state index contributed by atoms with van der Waals surface area (Å²) in [6.07, 6.45) is 0.297. The summed E-state index contributed by atoms with van der Waals surface area (Å²) in [5.74, 6) is -0.388. The number of hydrogen-bond acceptors (Lipinski definition) is 4. The van der Waals surface area contributed by atoms with Gasteiger partial charge in [0.15, 0.2) is 5.76 Å². The van der Waals surface area contributed by atoms with E-state index in [9.17, 15) is 9.59 Å². The lowest BCUT2D eigenvalue weighted by atomic mass is 10.2. The summed E-state index contributed by atoms with van der Waals surface area (Å²) in [4.78, 5) is 22.8. The molecule has 116 valence electrons. The van der Waals surface area contributed by atoms with Crippen LogP contribution >= 0.6 is 0 Å². The van der Waals surface area contributed by atoms with Gasteiger partial charge < -0.3 is 19.6 Å². The third-order valence-corrected chi connectivity index (χ3v) is 3.02. The van der Waals surface area contributed by atoms with Crippen molar-refractivity contribution in [2.45, 2.75) is 26.0 Å². The SMILES string of the molecule is CC[C@@H](NC(=O)c1ccc(COc2ccccc2)o1)C(=O)O. The lowest BCUT2D eigenvalue weighted by Crippen LogP contribution is -2.40. The monoisotopic (exact) mass is 303 g/mol. The van der Waals surface area contributed by atoms with E-state index in [1.54, 1.807) is 13.0 Å². The Hall–Kier alpha value is -2.76. The molecule has 0 radical (unpaired) electrons. The standard InChI is InChI=1S/C16H17NO5/c1-2-13(16(19)20)17-15(18)14-9-8-12(22-14)10-21-11-6-4-3-5-7-11/h3-9,13H,2,10H2,1H3,(H,17,18)(H,19,20)/t13-/m1/s1. The van der Waals surface area contributed by atoms with Crippen molar-refractivity contribution in [1.82, 2.24) is 5.32 Å². The Bertz CT molecular complexity index is 635. The number of carboxylic acid groups (broad SMARTS) is 1. The van der Waals surface area contributed by atoms with Crippen LogP contribution in [0.4, 0.5) is 0 Å². The zero-order chi connectivity index (χ0) is 15.9. The molecule has 0 aliphatic rings. The van der Waals surface area contributed by atoms with E-state index in [1.807, 2.05) is 30.3 Å². The summed E-state index contributed by atoms with van der Waals surface area (Å²) in [6.45, 7) is 1.87. The molecule has 22 heavy (non-hydrogen) atoms. The van der Waals surface area contributed by atoms with Gasteiger partial charge in [-0.05, 0) is 30.7 Å². The van der Waals surface area contributed by atoms with Crippen molar-refractivity contribution in [3.8, 4) is 5.75 Å². The number of furan rings is 1. The van der Waals surface area contributed by atoms with E-state index in [4.69, 9.17) is 14.3 Å². The number of amides is 1. The van der Waals surface area contributed by atoms with Crippen LogP contribution in [0.5, 0.6) is 5.75 Å². The predicted molar refractivity (Wildman–Crippen MR) is 78.7 cm³/mol. The first kappa shape index (κ1) is 15.6. The lowest BCUT2D eigenvalue weighted by molar-refractivity contribution is -0.139. The minimum atomic E-state index is -1.07. The van der Waals surface area contributed by atoms with Crippen molar-refractivity contribution in [2.24, 2.45) is 0 Å². The first-order valence-corrected chi connectivity index (χ1v) is 6.90. The van der Waals surface area contributed by atoms with E-state index in [-0.39, 0.29) is 12.4 Å². The third-order valence-electron chi connectivity index (χ3n) is 3.02. The molecule has 1 atom stereocenters. The maximum atomic E-state index is 11.9. The van der Waals surface area contributed by atoms with Gasteiger partial charge in [-0.3, -0.25) is 4.79 Å². The summed E-state index contributed by atoms with van der Waals surface area (Å²) in [5.41, 5.74) is 0. The molecule has 1 amide bonds. The topological polar surface area (TPSA) is 88.8 Å². The van der Waals surface area contributed by atoms with Gasteiger partial charge in [0, 0.05) is 0 Å². The molecule has 2 N–H and O–H groups in total. The van der Waals surface area contributed by atoms with E-state index >= 15 is 0 Å². The van der Waals surface area contributed by atoms with Crippen LogP contribution in [0.15, 0.2) is 46.9 Å². The average molecular weight is 303 g/mol. The first-order valence-electron chi connectivity index (χ1n) is 6.90. The zero-order valence-corrected chi connectivity index (χ0v) is 12.1. The highest BCUT2D eigenvalue weighted by atomic mass is 16.5. The second kappa shape index (κ2) is 7.31. The van der Waals surface area contributed by atoms with Crippen LogP contribution in [0.3, 0.4) is 0 Å². The minimum Gasteiger partial charge on any atom is -0.486 e. The molecule has 2 rings (SSSR count). The Balaban J connectivity index is 1.93. The number of para-hydroxylation sites is 1. The average Bonchev–Trinajstić information content (AvgIpc) is 3.00. The van der Waals surface area contributed by atoms with Crippen LogP contribution in [0.1, 0.15) is 29.7 Å².